The van der Waals surface area contributed by atoms with E-state index in [1.165, 1.54) is 11.1 Å². The summed E-state index contributed by atoms with van der Waals surface area (Å²) in [6.45, 7) is 6.41. The Labute approximate surface area is 126 Å². The van der Waals surface area contributed by atoms with Gasteiger partial charge in [-0.1, -0.05) is 48.0 Å². The van der Waals surface area contributed by atoms with Crippen LogP contribution in [0.3, 0.4) is 0 Å². The zero-order chi connectivity index (χ0) is 15.2. The van der Waals surface area contributed by atoms with Gasteiger partial charge >= 0.3 is 0 Å². The van der Waals surface area contributed by atoms with Gasteiger partial charge in [0.1, 0.15) is 0 Å². The summed E-state index contributed by atoms with van der Waals surface area (Å²) in [7, 11) is 0. The second-order valence-corrected chi connectivity index (χ2v) is 5.38. The number of anilines is 1. The predicted octanol–water partition coefficient (Wildman–Crippen LogP) is 3.59. The number of nitrogens with one attached hydrogen (secondary N) is 2. The maximum absolute atomic E-state index is 12.0. The number of benzene rings is 2. The second kappa shape index (κ2) is 7.04. The van der Waals surface area contributed by atoms with Crippen LogP contribution in [0.15, 0.2) is 48.5 Å². The Morgan fingerprint density at radius 3 is 2.38 bits per heavy atom. The molecule has 0 aliphatic carbocycles. The lowest BCUT2D eigenvalue weighted by Gasteiger charge is -2.15. The molecule has 0 aliphatic heterocycles. The average molecular weight is 282 g/mol. The standard InChI is InChI=1S/C18H22N2O/c1-13-8-10-16(11-9-13)15(3)19-12-18(21)20-17-7-5-4-6-14(17)2/h4-11,15,19H,12H2,1-3H3,(H,20,21). The molecule has 3 heteroatoms. The van der Waals surface area contributed by atoms with Gasteiger partial charge in [0.05, 0.1) is 6.54 Å². The average Bonchev–Trinajstić information content (AvgIpc) is 2.48. The Morgan fingerprint density at radius 1 is 1.05 bits per heavy atom. The number of hydrogen-bond donors (Lipinski definition) is 2. The number of carbonyl (C=O) groups is 1. The van der Waals surface area contributed by atoms with E-state index in [0.29, 0.717) is 6.54 Å². The van der Waals surface area contributed by atoms with Crippen LogP contribution in [-0.4, -0.2) is 12.5 Å². The van der Waals surface area contributed by atoms with E-state index in [4.69, 9.17) is 0 Å². The maximum atomic E-state index is 12.0. The molecule has 0 fully saturated rings. The van der Waals surface area contributed by atoms with Crippen LogP contribution in [0, 0.1) is 13.8 Å². The molecular formula is C18H22N2O. The van der Waals surface area contributed by atoms with Crippen molar-refractivity contribution in [2.75, 3.05) is 11.9 Å². The molecule has 0 aliphatic rings. The number of rotatable bonds is 5. The van der Waals surface area contributed by atoms with Crippen LogP contribution in [0.2, 0.25) is 0 Å². The van der Waals surface area contributed by atoms with Crippen LogP contribution in [0.4, 0.5) is 5.69 Å². The summed E-state index contributed by atoms with van der Waals surface area (Å²) >= 11 is 0. The predicted molar refractivity (Wildman–Crippen MR) is 87.4 cm³/mol. The summed E-state index contributed by atoms with van der Waals surface area (Å²) in [5.41, 5.74) is 4.36. The SMILES string of the molecule is Cc1ccc(C(C)NCC(=O)Nc2ccccc2C)cc1. The Hall–Kier alpha value is -2.13. The fourth-order valence-corrected chi connectivity index (χ4v) is 2.13. The smallest absolute Gasteiger partial charge is 0.238 e. The topological polar surface area (TPSA) is 41.1 Å². The van der Waals surface area contributed by atoms with Crippen LogP contribution in [0.25, 0.3) is 0 Å². The monoisotopic (exact) mass is 282 g/mol. The Bertz CT molecular complexity index is 605. The van der Waals surface area contributed by atoms with Gasteiger partial charge in [0.15, 0.2) is 0 Å². The van der Waals surface area contributed by atoms with E-state index in [1.807, 2.05) is 31.2 Å². The molecule has 2 N–H and O–H groups in total. The van der Waals surface area contributed by atoms with Crippen LogP contribution in [-0.2, 0) is 4.79 Å². The lowest BCUT2D eigenvalue weighted by Crippen LogP contribution is -2.30. The fourth-order valence-electron chi connectivity index (χ4n) is 2.13. The highest BCUT2D eigenvalue weighted by atomic mass is 16.1. The summed E-state index contributed by atoms with van der Waals surface area (Å²) in [5, 5.41) is 6.17. The van der Waals surface area contributed by atoms with E-state index >= 15 is 0 Å². The molecule has 1 unspecified atom stereocenters. The molecule has 0 radical (unpaired) electrons. The third-order valence-electron chi connectivity index (χ3n) is 3.57. The van der Waals surface area contributed by atoms with E-state index < -0.39 is 0 Å². The van der Waals surface area contributed by atoms with Crippen LogP contribution < -0.4 is 10.6 Å². The highest BCUT2D eigenvalue weighted by molar-refractivity contribution is 5.92. The maximum Gasteiger partial charge on any atom is 0.238 e. The van der Waals surface area contributed by atoms with E-state index in [0.717, 1.165) is 11.3 Å². The van der Waals surface area contributed by atoms with Crippen LogP contribution in [0.1, 0.15) is 29.7 Å². The van der Waals surface area contributed by atoms with E-state index in [-0.39, 0.29) is 11.9 Å². The molecule has 1 atom stereocenters. The Balaban J connectivity index is 1.86. The minimum absolute atomic E-state index is 0.0248. The molecule has 0 saturated carbocycles. The van der Waals surface area contributed by atoms with Gasteiger partial charge in [0.2, 0.25) is 5.91 Å². The van der Waals surface area contributed by atoms with Gasteiger partial charge < -0.3 is 10.6 Å². The zero-order valence-corrected chi connectivity index (χ0v) is 12.8. The number of para-hydroxylation sites is 1. The molecule has 1 amide bonds. The largest absolute Gasteiger partial charge is 0.325 e. The van der Waals surface area contributed by atoms with Gasteiger partial charge in [0.25, 0.3) is 0 Å². The molecule has 0 spiro atoms. The van der Waals surface area contributed by atoms with Crippen molar-refractivity contribution in [1.29, 1.82) is 0 Å². The lowest BCUT2D eigenvalue weighted by molar-refractivity contribution is -0.115. The molecule has 0 bridgehead atoms. The van der Waals surface area contributed by atoms with Crippen molar-refractivity contribution >= 4 is 11.6 Å². The quantitative estimate of drug-likeness (QED) is 0.880. The summed E-state index contributed by atoms with van der Waals surface area (Å²) in [4.78, 5) is 12.0. The lowest BCUT2D eigenvalue weighted by atomic mass is 10.1. The molecule has 110 valence electrons. The minimum atomic E-state index is -0.0248. The third kappa shape index (κ3) is 4.43. The van der Waals surface area contributed by atoms with Crippen molar-refractivity contribution in [3.63, 3.8) is 0 Å². The fraction of sp³-hybridized carbons (Fsp3) is 0.278. The first-order valence-electron chi connectivity index (χ1n) is 7.21. The summed E-state index contributed by atoms with van der Waals surface area (Å²) in [6.07, 6.45) is 0. The molecule has 3 nitrogen and oxygen atoms in total. The van der Waals surface area contributed by atoms with E-state index in [9.17, 15) is 4.79 Å². The molecule has 0 heterocycles. The highest BCUT2D eigenvalue weighted by Crippen LogP contribution is 2.14. The van der Waals surface area contributed by atoms with Gasteiger partial charge in [-0.3, -0.25) is 4.79 Å². The van der Waals surface area contributed by atoms with Gasteiger partial charge in [-0.05, 0) is 38.0 Å². The molecule has 2 rings (SSSR count). The highest BCUT2D eigenvalue weighted by Gasteiger charge is 2.08. The summed E-state index contributed by atoms with van der Waals surface area (Å²) < 4.78 is 0. The van der Waals surface area contributed by atoms with Gasteiger partial charge in [-0.15, -0.1) is 0 Å². The van der Waals surface area contributed by atoms with Crippen LogP contribution in [0.5, 0.6) is 0 Å². The molecule has 21 heavy (non-hydrogen) atoms. The second-order valence-electron chi connectivity index (χ2n) is 5.38. The molecule has 0 aromatic heterocycles. The number of hydrogen-bond acceptors (Lipinski definition) is 2. The number of amides is 1. The summed E-state index contributed by atoms with van der Waals surface area (Å²) in [6, 6.07) is 16.3. The van der Waals surface area contributed by atoms with Crippen LogP contribution >= 0.6 is 0 Å². The van der Waals surface area contributed by atoms with Crippen molar-refractivity contribution in [2.24, 2.45) is 0 Å². The van der Waals surface area contributed by atoms with Gasteiger partial charge in [-0.25, -0.2) is 0 Å². The normalized spacial score (nSPS) is 12.0. The Kier molecular flexibility index (Phi) is 5.12. The van der Waals surface area contributed by atoms with E-state index in [2.05, 4.69) is 48.7 Å². The first kappa shape index (κ1) is 15.3. The van der Waals surface area contributed by atoms with Crippen molar-refractivity contribution < 1.29 is 4.79 Å². The van der Waals surface area contributed by atoms with Crippen molar-refractivity contribution in [3.8, 4) is 0 Å². The first-order valence-corrected chi connectivity index (χ1v) is 7.21. The third-order valence-corrected chi connectivity index (χ3v) is 3.57. The van der Waals surface area contributed by atoms with Crippen molar-refractivity contribution in [3.05, 3.63) is 65.2 Å². The molecule has 2 aromatic rings. The first-order chi connectivity index (χ1) is 10.1. The minimum Gasteiger partial charge on any atom is -0.325 e. The zero-order valence-electron chi connectivity index (χ0n) is 12.8. The number of carbonyl (C=O) groups excluding carboxylic acids is 1. The number of aryl methyl sites for hydroxylation is 2. The van der Waals surface area contributed by atoms with E-state index in [1.54, 1.807) is 0 Å². The Morgan fingerprint density at radius 2 is 1.71 bits per heavy atom. The molecule has 2 aromatic carbocycles. The van der Waals surface area contributed by atoms with Gasteiger partial charge in [-0.2, -0.15) is 0 Å². The van der Waals surface area contributed by atoms with Crippen molar-refractivity contribution in [1.82, 2.24) is 5.32 Å². The van der Waals surface area contributed by atoms with Gasteiger partial charge in [0, 0.05) is 11.7 Å². The summed E-state index contributed by atoms with van der Waals surface area (Å²) in [5.74, 6) is -0.0248. The van der Waals surface area contributed by atoms with Crippen molar-refractivity contribution in [2.45, 2.75) is 26.8 Å². The molecule has 0 saturated heterocycles. The molecular weight excluding hydrogens is 260 g/mol.